The fourth-order valence-corrected chi connectivity index (χ4v) is 3.34. The Morgan fingerprint density at radius 3 is 2.38 bits per heavy atom. The largest absolute Gasteiger partial charge is 0.342 e. The lowest BCUT2D eigenvalue weighted by Gasteiger charge is -2.11. The number of aromatic nitrogens is 1. The van der Waals surface area contributed by atoms with Crippen LogP contribution in [0.25, 0.3) is 10.6 Å². The second-order valence-electron chi connectivity index (χ2n) is 5.90. The first-order chi connectivity index (χ1) is 12.5. The first-order valence-corrected chi connectivity index (χ1v) is 9.08. The molecule has 6 heteroatoms. The highest BCUT2D eigenvalue weighted by molar-refractivity contribution is 7.13. The van der Waals surface area contributed by atoms with Gasteiger partial charge in [-0.3, -0.25) is 9.59 Å². The Bertz CT molecular complexity index is 915. The van der Waals surface area contributed by atoms with E-state index in [0.29, 0.717) is 5.69 Å². The van der Waals surface area contributed by atoms with E-state index in [1.165, 1.54) is 11.3 Å². The van der Waals surface area contributed by atoms with Crippen LogP contribution in [0.15, 0.2) is 53.9 Å². The van der Waals surface area contributed by atoms with Crippen molar-refractivity contribution in [3.05, 3.63) is 70.7 Å². The van der Waals surface area contributed by atoms with Gasteiger partial charge in [0, 0.05) is 16.6 Å². The van der Waals surface area contributed by atoms with Crippen molar-refractivity contribution in [2.75, 3.05) is 11.9 Å². The molecule has 0 radical (unpaired) electrons. The number of para-hydroxylation sites is 1. The minimum Gasteiger partial charge on any atom is -0.342 e. The summed E-state index contributed by atoms with van der Waals surface area (Å²) < 4.78 is 0. The molecule has 26 heavy (non-hydrogen) atoms. The Morgan fingerprint density at radius 1 is 1.00 bits per heavy atom. The summed E-state index contributed by atoms with van der Waals surface area (Å²) in [5.74, 6) is -0.630. The second-order valence-corrected chi connectivity index (χ2v) is 6.76. The summed E-state index contributed by atoms with van der Waals surface area (Å²) in [6.07, 6.45) is 0. The molecule has 2 amide bonds. The van der Waals surface area contributed by atoms with Gasteiger partial charge in [0.25, 0.3) is 5.91 Å². The van der Waals surface area contributed by atoms with Crippen LogP contribution in [0, 0.1) is 13.8 Å². The van der Waals surface area contributed by atoms with Gasteiger partial charge in [-0.1, -0.05) is 48.5 Å². The van der Waals surface area contributed by atoms with Gasteiger partial charge in [-0.15, -0.1) is 11.3 Å². The number of hydrogen-bond donors (Lipinski definition) is 2. The Kier molecular flexibility index (Phi) is 5.43. The van der Waals surface area contributed by atoms with Gasteiger partial charge in [0.05, 0.1) is 6.54 Å². The van der Waals surface area contributed by atoms with Gasteiger partial charge < -0.3 is 10.6 Å². The zero-order valence-corrected chi connectivity index (χ0v) is 15.4. The van der Waals surface area contributed by atoms with Gasteiger partial charge in [0.15, 0.2) is 0 Å². The number of nitrogens with zero attached hydrogens (tertiary/aromatic N) is 1. The minimum absolute atomic E-state index is 0.106. The molecular formula is C20H19N3O2S. The van der Waals surface area contributed by atoms with Crippen LogP contribution in [-0.4, -0.2) is 23.3 Å². The van der Waals surface area contributed by atoms with Crippen LogP contribution in [0.4, 0.5) is 5.69 Å². The number of hydrogen-bond acceptors (Lipinski definition) is 4. The fourth-order valence-electron chi connectivity index (χ4n) is 2.54. The second kappa shape index (κ2) is 7.93. The summed E-state index contributed by atoms with van der Waals surface area (Å²) in [7, 11) is 0. The molecule has 5 nitrogen and oxygen atoms in total. The molecule has 0 spiro atoms. The number of thiazole rings is 1. The minimum atomic E-state index is -0.361. The van der Waals surface area contributed by atoms with Crippen molar-refractivity contribution in [1.82, 2.24) is 10.3 Å². The van der Waals surface area contributed by atoms with Gasteiger partial charge in [-0.2, -0.15) is 0 Å². The lowest BCUT2D eigenvalue weighted by Crippen LogP contribution is -2.33. The maximum Gasteiger partial charge on any atom is 0.271 e. The van der Waals surface area contributed by atoms with E-state index in [9.17, 15) is 9.59 Å². The summed E-state index contributed by atoms with van der Waals surface area (Å²) in [4.78, 5) is 28.7. The Hall–Kier alpha value is -2.99. The molecule has 1 heterocycles. The summed E-state index contributed by atoms with van der Waals surface area (Å²) in [6.45, 7) is 3.76. The highest BCUT2D eigenvalue weighted by Gasteiger charge is 2.14. The van der Waals surface area contributed by atoms with Crippen LogP contribution in [-0.2, 0) is 4.79 Å². The monoisotopic (exact) mass is 365 g/mol. The number of anilines is 1. The van der Waals surface area contributed by atoms with Crippen LogP contribution in [0.3, 0.4) is 0 Å². The molecule has 0 atom stereocenters. The number of benzene rings is 2. The van der Waals surface area contributed by atoms with Crippen molar-refractivity contribution in [3.63, 3.8) is 0 Å². The third-order valence-electron chi connectivity index (χ3n) is 3.91. The molecule has 0 saturated heterocycles. The number of nitrogens with one attached hydrogen (secondary N) is 2. The Labute approximate surface area is 156 Å². The van der Waals surface area contributed by atoms with Crippen molar-refractivity contribution < 1.29 is 9.59 Å². The summed E-state index contributed by atoms with van der Waals surface area (Å²) >= 11 is 1.40. The van der Waals surface area contributed by atoms with E-state index < -0.39 is 0 Å². The summed E-state index contributed by atoms with van der Waals surface area (Å²) in [6, 6.07) is 15.5. The highest BCUT2D eigenvalue weighted by Crippen LogP contribution is 2.23. The van der Waals surface area contributed by atoms with E-state index in [1.54, 1.807) is 5.38 Å². The van der Waals surface area contributed by atoms with Gasteiger partial charge in [-0.05, 0) is 25.0 Å². The average molecular weight is 365 g/mol. The lowest BCUT2D eigenvalue weighted by atomic mass is 10.1. The van der Waals surface area contributed by atoms with E-state index in [1.807, 2.05) is 62.4 Å². The Balaban J connectivity index is 1.59. The van der Waals surface area contributed by atoms with Gasteiger partial charge in [0.1, 0.15) is 10.7 Å². The molecule has 3 rings (SSSR count). The number of carbonyl (C=O) groups excluding carboxylic acids is 2. The van der Waals surface area contributed by atoms with Crippen molar-refractivity contribution in [1.29, 1.82) is 0 Å². The average Bonchev–Trinajstić information content (AvgIpc) is 3.14. The van der Waals surface area contributed by atoms with E-state index >= 15 is 0 Å². The molecular weight excluding hydrogens is 346 g/mol. The van der Waals surface area contributed by atoms with Crippen molar-refractivity contribution >= 4 is 28.8 Å². The van der Waals surface area contributed by atoms with Crippen LogP contribution in [0.1, 0.15) is 21.6 Å². The first kappa shape index (κ1) is 17.8. The van der Waals surface area contributed by atoms with Crippen LogP contribution in [0.5, 0.6) is 0 Å². The van der Waals surface area contributed by atoms with Crippen molar-refractivity contribution in [2.45, 2.75) is 13.8 Å². The molecule has 0 saturated carbocycles. The van der Waals surface area contributed by atoms with E-state index in [-0.39, 0.29) is 18.4 Å². The van der Waals surface area contributed by atoms with E-state index in [4.69, 9.17) is 0 Å². The SMILES string of the molecule is Cc1cccc(C)c1NC(=O)CNC(=O)c1csc(-c2ccccc2)n1. The number of carbonyl (C=O) groups is 2. The fraction of sp³-hybridized carbons (Fsp3) is 0.150. The summed E-state index contributed by atoms with van der Waals surface area (Å²) in [5, 5.41) is 7.93. The third kappa shape index (κ3) is 4.15. The van der Waals surface area contributed by atoms with E-state index in [2.05, 4.69) is 15.6 Å². The zero-order valence-electron chi connectivity index (χ0n) is 14.6. The van der Waals surface area contributed by atoms with Crippen LogP contribution in [0.2, 0.25) is 0 Å². The highest BCUT2D eigenvalue weighted by atomic mass is 32.1. The molecule has 0 aliphatic rings. The molecule has 0 aliphatic heterocycles. The molecule has 0 fully saturated rings. The standard InChI is InChI=1S/C20H19N3O2S/c1-13-7-6-8-14(2)18(13)23-17(24)11-21-19(25)16-12-26-20(22-16)15-9-4-3-5-10-15/h3-10,12H,11H2,1-2H3,(H,21,25)(H,23,24). The van der Waals surface area contributed by atoms with Gasteiger partial charge in [0.2, 0.25) is 5.91 Å². The van der Waals surface area contributed by atoms with Crippen LogP contribution >= 0.6 is 11.3 Å². The van der Waals surface area contributed by atoms with Gasteiger partial charge in [-0.25, -0.2) is 4.98 Å². The maximum absolute atomic E-state index is 12.2. The topological polar surface area (TPSA) is 71.1 Å². The molecule has 132 valence electrons. The zero-order chi connectivity index (χ0) is 18.5. The first-order valence-electron chi connectivity index (χ1n) is 8.20. The number of amides is 2. The lowest BCUT2D eigenvalue weighted by molar-refractivity contribution is -0.115. The quantitative estimate of drug-likeness (QED) is 0.722. The molecule has 2 aromatic carbocycles. The Morgan fingerprint density at radius 2 is 1.69 bits per heavy atom. The molecule has 1 aromatic heterocycles. The smallest absolute Gasteiger partial charge is 0.271 e. The predicted octanol–water partition coefficient (Wildman–Crippen LogP) is 3.80. The molecule has 0 bridgehead atoms. The molecule has 2 N–H and O–H groups in total. The van der Waals surface area contributed by atoms with Crippen molar-refractivity contribution in [2.24, 2.45) is 0 Å². The molecule has 0 unspecified atom stereocenters. The summed E-state index contributed by atoms with van der Waals surface area (Å²) in [5.41, 5.74) is 4.03. The van der Waals surface area contributed by atoms with Gasteiger partial charge >= 0.3 is 0 Å². The normalized spacial score (nSPS) is 10.4. The number of aryl methyl sites for hydroxylation is 2. The third-order valence-corrected chi connectivity index (χ3v) is 4.80. The number of rotatable bonds is 5. The predicted molar refractivity (Wildman–Crippen MR) is 104 cm³/mol. The van der Waals surface area contributed by atoms with Crippen LogP contribution < -0.4 is 10.6 Å². The maximum atomic E-state index is 12.2. The van der Waals surface area contributed by atoms with E-state index in [0.717, 1.165) is 27.4 Å². The van der Waals surface area contributed by atoms with Crippen molar-refractivity contribution in [3.8, 4) is 10.6 Å². The molecule has 3 aromatic rings. The molecule has 0 aliphatic carbocycles.